The van der Waals surface area contributed by atoms with E-state index in [0.717, 1.165) is 13.0 Å². The summed E-state index contributed by atoms with van der Waals surface area (Å²) < 4.78 is 48.4. The molecule has 2 aliphatic heterocycles. The van der Waals surface area contributed by atoms with Crippen molar-refractivity contribution in [3.63, 3.8) is 0 Å². The fourth-order valence-corrected chi connectivity index (χ4v) is 7.06. The molecule has 2 heterocycles. The van der Waals surface area contributed by atoms with Gasteiger partial charge in [-0.15, -0.1) is 0 Å². The summed E-state index contributed by atoms with van der Waals surface area (Å²) in [6.45, 7) is 12.6. The molecule has 2 saturated heterocycles. The molecule has 2 fully saturated rings. The Hall–Kier alpha value is -0.180. The van der Waals surface area contributed by atoms with Crippen molar-refractivity contribution in [3.8, 4) is 0 Å². The predicted molar refractivity (Wildman–Crippen MR) is 97.8 cm³/mol. The summed E-state index contributed by atoms with van der Waals surface area (Å²) in [5.41, 5.74) is 0. The van der Waals surface area contributed by atoms with Crippen LogP contribution in [0.15, 0.2) is 0 Å². The molecule has 24 heavy (non-hydrogen) atoms. The standard InChI is InChI=1S/C16H32N2O4S2/c1-12(18-10-15(4)24(21,22)16(5)11-18)6-7-17-8-13(2)23(19,20)14(3)9-17/h12-16H,6-11H2,1-5H3. The third kappa shape index (κ3) is 3.97. The first kappa shape index (κ1) is 20.1. The van der Waals surface area contributed by atoms with Crippen LogP contribution in [0.5, 0.6) is 0 Å². The van der Waals surface area contributed by atoms with Crippen molar-refractivity contribution in [2.24, 2.45) is 0 Å². The molecule has 0 aliphatic carbocycles. The van der Waals surface area contributed by atoms with Crippen LogP contribution < -0.4 is 0 Å². The first-order valence-corrected chi connectivity index (χ1v) is 12.1. The van der Waals surface area contributed by atoms with Crippen molar-refractivity contribution >= 4 is 19.7 Å². The number of sulfone groups is 2. The first-order chi connectivity index (χ1) is 11.0. The molecule has 0 aromatic carbocycles. The summed E-state index contributed by atoms with van der Waals surface area (Å²) in [4.78, 5) is 4.50. The lowest BCUT2D eigenvalue weighted by Crippen LogP contribution is -2.54. The average molecular weight is 381 g/mol. The zero-order valence-electron chi connectivity index (χ0n) is 15.5. The second-order valence-electron chi connectivity index (χ2n) is 7.77. The van der Waals surface area contributed by atoms with E-state index in [1.807, 2.05) is 0 Å². The Morgan fingerprint density at radius 1 is 0.792 bits per heavy atom. The highest BCUT2D eigenvalue weighted by molar-refractivity contribution is 7.93. The molecule has 6 nitrogen and oxygen atoms in total. The lowest BCUT2D eigenvalue weighted by Gasteiger charge is -2.40. The van der Waals surface area contributed by atoms with E-state index in [9.17, 15) is 16.8 Å². The highest BCUT2D eigenvalue weighted by Crippen LogP contribution is 2.23. The Kier molecular flexibility index (Phi) is 6.05. The minimum Gasteiger partial charge on any atom is -0.301 e. The Bertz CT molecular complexity index is 611. The molecule has 0 amide bonds. The van der Waals surface area contributed by atoms with Crippen molar-refractivity contribution in [3.05, 3.63) is 0 Å². The van der Waals surface area contributed by atoms with Crippen molar-refractivity contribution in [1.82, 2.24) is 9.80 Å². The van der Waals surface area contributed by atoms with Crippen LogP contribution in [-0.2, 0) is 19.7 Å². The molecular formula is C16H32N2O4S2. The van der Waals surface area contributed by atoms with Crippen LogP contribution in [0.4, 0.5) is 0 Å². The average Bonchev–Trinajstić information content (AvgIpc) is 2.48. The predicted octanol–water partition coefficient (Wildman–Crippen LogP) is 0.780. The van der Waals surface area contributed by atoms with Crippen LogP contribution in [0.2, 0.25) is 0 Å². The molecule has 2 rings (SSSR count). The number of hydrogen-bond donors (Lipinski definition) is 0. The normalized spacial score (nSPS) is 38.7. The molecule has 0 aromatic rings. The zero-order chi connectivity index (χ0) is 18.3. The van der Waals surface area contributed by atoms with Crippen LogP contribution in [0.3, 0.4) is 0 Å². The number of hydrogen-bond acceptors (Lipinski definition) is 6. The zero-order valence-corrected chi connectivity index (χ0v) is 17.1. The van der Waals surface area contributed by atoms with Gasteiger partial charge >= 0.3 is 0 Å². The van der Waals surface area contributed by atoms with Gasteiger partial charge in [-0.3, -0.25) is 4.90 Å². The maximum Gasteiger partial charge on any atom is 0.157 e. The first-order valence-electron chi connectivity index (χ1n) is 8.88. The largest absolute Gasteiger partial charge is 0.301 e. The van der Waals surface area contributed by atoms with Crippen molar-refractivity contribution < 1.29 is 16.8 Å². The van der Waals surface area contributed by atoms with Crippen LogP contribution >= 0.6 is 0 Å². The molecule has 0 radical (unpaired) electrons. The molecule has 0 saturated carbocycles. The summed E-state index contributed by atoms with van der Waals surface area (Å²) in [5.74, 6) is 0. The van der Waals surface area contributed by atoms with E-state index in [4.69, 9.17) is 0 Å². The summed E-state index contributed by atoms with van der Waals surface area (Å²) in [7, 11) is -5.97. The van der Waals surface area contributed by atoms with Crippen LogP contribution in [0, 0.1) is 0 Å². The van der Waals surface area contributed by atoms with Gasteiger partial charge < -0.3 is 4.90 Å². The number of nitrogens with zero attached hydrogens (tertiary/aromatic N) is 2. The van der Waals surface area contributed by atoms with Gasteiger partial charge in [-0.2, -0.15) is 0 Å². The van der Waals surface area contributed by atoms with Gasteiger partial charge in [0.1, 0.15) is 0 Å². The topological polar surface area (TPSA) is 74.8 Å². The summed E-state index contributed by atoms with van der Waals surface area (Å²) in [6.07, 6.45) is 0.930. The van der Waals surface area contributed by atoms with Gasteiger partial charge in [0.25, 0.3) is 0 Å². The van der Waals surface area contributed by atoms with E-state index in [1.165, 1.54) is 0 Å². The quantitative estimate of drug-likeness (QED) is 0.717. The smallest absolute Gasteiger partial charge is 0.157 e. The van der Waals surface area contributed by atoms with Crippen LogP contribution in [0.25, 0.3) is 0 Å². The van der Waals surface area contributed by atoms with Crippen molar-refractivity contribution in [2.45, 2.75) is 68.1 Å². The van der Waals surface area contributed by atoms with E-state index < -0.39 is 19.7 Å². The third-order valence-corrected chi connectivity index (χ3v) is 10.8. The molecule has 2 aliphatic rings. The minimum absolute atomic E-state index is 0.301. The summed E-state index contributed by atoms with van der Waals surface area (Å²) in [5, 5.41) is -1.25. The van der Waals surface area contributed by atoms with Gasteiger partial charge in [-0.1, -0.05) is 0 Å². The van der Waals surface area contributed by atoms with E-state index >= 15 is 0 Å². The molecule has 5 atom stereocenters. The molecule has 142 valence electrons. The van der Waals surface area contributed by atoms with Gasteiger partial charge in [0.15, 0.2) is 19.7 Å². The highest BCUT2D eigenvalue weighted by atomic mass is 32.2. The van der Waals surface area contributed by atoms with Crippen LogP contribution in [0.1, 0.15) is 41.0 Å². The van der Waals surface area contributed by atoms with Gasteiger partial charge in [0, 0.05) is 32.2 Å². The Morgan fingerprint density at radius 3 is 1.58 bits per heavy atom. The Morgan fingerprint density at radius 2 is 1.17 bits per heavy atom. The maximum atomic E-state index is 12.1. The fourth-order valence-electron chi connectivity index (χ4n) is 3.84. The summed E-state index contributed by atoms with van der Waals surface area (Å²) >= 11 is 0. The monoisotopic (exact) mass is 380 g/mol. The lowest BCUT2D eigenvalue weighted by molar-refractivity contribution is 0.165. The third-order valence-electron chi connectivity index (χ3n) is 5.74. The molecule has 5 unspecified atom stereocenters. The second kappa shape index (κ2) is 7.21. The Labute approximate surface area is 147 Å². The maximum absolute atomic E-state index is 12.1. The van der Waals surface area contributed by atoms with Gasteiger partial charge in [-0.05, 0) is 47.6 Å². The lowest BCUT2D eigenvalue weighted by atomic mass is 10.1. The molecular weight excluding hydrogens is 348 g/mol. The van der Waals surface area contributed by atoms with Gasteiger partial charge in [-0.25, -0.2) is 16.8 Å². The second-order valence-corrected chi connectivity index (χ2v) is 13.3. The minimum atomic E-state index is -2.99. The van der Waals surface area contributed by atoms with Crippen molar-refractivity contribution in [2.75, 3.05) is 32.7 Å². The van der Waals surface area contributed by atoms with Crippen molar-refractivity contribution in [1.29, 1.82) is 0 Å². The SMILES string of the molecule is CC(CCN1CC(C)S(=O)(=O)C(C)C1)N1CC(C)S(=O)(=O)C(C)C1. The van der Waals surface area contributed by atoms with E-state index in [2.05, 4.69) is 16.7 Å². The number of rotatable bonds is 4. The van der Waals surface area contributed by atoms with Gasteiger partial charge in [0.05, 0.1) is 21.0 Å². The Balaban J connectivity index is 1.89. The van der Waals surface area contributed by atoms with Gasteiger partial charge in [0.2, 0.25) is 0 Å². The molecule has 0 spiro atoms. The van der Waals surface area contributed by atoms with Crippen LogP contribution in [-0.4, -0.2) is 86.4 Å². The molecule has 0 N–H and O–H groups in total. The van der Waals surface area contributed by atoms with E-state index in [-0.39, 0.29) is 21.0 Å². The molecule has 0 aromatic heterocycles. The molecule has 8 heteroatoms. The highest BCUT2D eigenvalue weighted by Gasteiger charge is 2.38. The summed E-state index contributed by atoms with van der Waals surface area (Å²) in [6, 6.07) is 0.301. The fraction of sp³-hybridized carbons (Fsp3) is 1.00. The van der Waals surface area contributed by atoms with E-state index in [1.54, 1.807) is 27.7 Å². The molecule has 0 bridgehead atoms. The van der Waals surface area contributed by atoms with E-state index in [0.29, 0.717) is 32.2 Å².